The normalized spacial score (nSPS) is 16.9. The summed E-state index contributed by atoms with van der Waals surface area (Å²) in [6, 6.07) is 15.4. The molecule has 124 valence electrons. The van der Waals surface area contributed by atoms with E-state index in [1.807, 2.05) is 35.2 Å². The lowest BCUT2D eigenvalue weighted by Gasteiger charge is -2.34. The van der Waals surface area contributed by atoms with E-state index in [0.29, 0.717) is 5.02 Å². The first kappa shape index (κ1) is 16.5. The predicted molar refractivity (Wildman–Crippen MR) is 96.7 cm³/mol. The summed E-state index contributed by atoms with van der Waals surface area (Å²) in [6.45, 7) is 1.98. The molecule has 0 bridgehead atoms. The van der Waals surface area contributed by atoms with Crippen molar-refractivity contribution in [1.82, 2.24) is 0 Å². The van der Waals surface area contributed by atoms with Gasteiger partial charge in [-0.1, -0.05) is 47.1 Å². The van der Waals surface area contributed by atoms with Crippen LogP contribution in [0.5, 0.6) is 0 Å². The molecule has 2 aromatic carbocycles. The Balaban J connectivity index is 1.62. The van der Waals surface area contributed by atoms with Gasteiger partial charge in [-0.05, 0) is 49.1 Å². The minimum atomic E-state index is -0.0806. The van der Waals surface area contributed by atoms with Crippen LogP contribution in [0.2, 0.25) is 5.02 Å². The Bertz CT molecular complexity index is 743. The van der Waals surface area contributed by atoms with Crippen LogP contribution in [-0.2, 0) is 16.1 Å². The molecule has 0 saturated heterocycles. The Morgan fingerprint density at radius 1 is 1.29 bits per heavy atom. The molecule has 0 spiro atoms. The number of carbonyl (C=O) groups excluding carboxylic acids is 1. The highest BCUT2D eigenvalue weighted by atomic mass is 35.5. The molecule has 0 fully saturated rings. The van der Waals surface area contributed by atoms with Crippen molar-refractivity contribution in [2.45, 2.75) is 25.8 Å². The van der Waals surface area contributed by atoms with Crippen molar-refractivity contribution in [3.63, 3.8) is 0 Å². The van der Waals surface area contributed by atoms with Gasteiger partial charge in [-0.15, -0.1) is 0 Å². The van der Waals surface area contributed by atoms with Gasteiger partial charge in [0.2, 0.25) is 0 Å². The zero-order valence-corrected chi connectivity index (χ0v) is 14.2. The Morgan fingerprint density at radius 3 is 2.83 bits per heavy atom. The van der Waals surface area contributed by atoms with Crippen LogP contribution < -0.4 is 4.90 Å². The zero-order valence-electron chi connectivity index (χ0n) is 13.5. The molecule has 1 heterocycles. The molecule has 0 N–H and O–H groups in total. The topological polar surface area (TPSA) is 41.9 Å². The van der Waals surface area contributed by atoms with Gasteiger partial charge in [0.05, 0.1) is 6.21 Å². The number of benzene rings is 2. The van der Waals surface area contributed by atoms with E-state index in [4.69, 9.17) is 16.4 Å². The second kappa shape index (κ2) is 7.49. The first-order valence-corrected chi connectivity index (χ1v) is 8.34. The van der Waals surface area contributed by atoms with Crippen LogP contribution in [-0.4, -0.2) is 24.8 Å². The molecule has 1 aliphatic rings. The number of carbonyl (C=O) groups is 1. The Labute approximate surface area is 146 Å². The first-order chi connectivity index (χ1) is 11.6. The average Bonchev–Trinajstić information content (AvgIpc) is 2.60. The molecule has 0 aromatic heterocycles. The summed E-state index contributed by atoms with van der Waals surface area (Å²) < 4.78 is 0. The highest BCUT2D eigenvalue weighted by molar-refractivity contribution is 6.30. The molecule has 1 aliphatic heterocycles. The van der Waals surface area contributed by atoms with E-state index in [2.05, 4.69) is 18.1 Å². The average molecular weight is 343 g/mol. The molecule has 2 aromatic rings. The van der Waals surface area contributed by atoms with Gasteiger partial charge in [0, 0.05) is 16.8 Å². The monoisotopic (exact) mass is 342 g/mol. The second-order valence-corrected chi connectivity index (χ2v) is 6.28. The minimum absolute atomic E-state index is 0.0806. The van der Waals surface area contributed by atoms with Crippen molar-refractivity contribution in [2.75, 3.05) is 11.5 Å². The molecule has 5 heteroatoms. The number of nitrogens with zero attached hydrogens (tertiary/aromatic N) is 2. The van der Waals surface area contributed by atoms with E-state index in [9.17, 15) is 4.79 Å². The third kappa shape index (κ3) is 3.77. The molecule has 1 atom stereocenters. The van der Waals surface area contributed by atoms with E-state index in [1.54, 1.807) is 18.3 Å². The number of aryl methyl sites for hydroxylation is 1. The SMILES string of the molecule is CC1CCc2ccccc2N1C(=O)CO/N=C/c1ccc(Cl)cc1. The lowest BCUT2D eigenvalue weighted by atomic mass is 9.96. The van der Waals surface area contributed by atoms with Gasteiger partial charge in [0.15, 0.2) is 6.61 Å². The molecular formula is C19H19ClN2O2. The molecule has 0 radical (unpaired) electrons. The van der Waals surface area contributed by atoms with Crippen LogP contribution in [0.15, 0.2) is 53.7 Å². The maximum absolute atomic E-state index is 12.5. The smallest absolute Gasteiger partial charge is 0.268 e. The summed E-state index contributed by atoms with van der Waals surface area (Å²) in [4.78, 5) is 19.5. The van der Waals surface area contributed by atoms with Crippen LogP contribution in [0.1, 0.15) is 24.5 Å². The van der Waals surface area contributed by atoms with E-state index in [0.717, 1.165) is 24.1 Å². The highest BCUT2D eigenvalue weighted by Crippen LogP contribution is 2.30. The molecule has 0 aliphatic carbocycles. The summed E-state index contributed by atoms with van der Waals surface area (Å²) in [5, 5.41) is 4.54. The predicted octanol–water partition coefficient (Wildman–Crippen LogP) is 4.06. The number of rotatable bonds is 4. The van der Waals surface area contributed by atoms with E-state index in [1.165, 1.54) is 5.56 Å². The third-order valence-corrected chi connectivity index (χ3v) is 4.38. The Morgan fingerprint density at radius 2 is 2.04 bits per heavy atom. The summed E-state index contributed by atoms with van der Waals surface area (Å²) >= 11 is 5.83. The van der Waals surface area contributed by atoms with E-state index in [-0.39, 0.29) is 18.6 Å². The molecule has 3 rings (SSSR count). The van der Waals surface area contributed by atoms with Gasteiger partial charge in [0.1, 0.15) is 0 Å². The van der Waals surface area contributed by atoms with Crippen molar-refractivity contribution in [1.29, 1.82) is 0 Å². The van der Waals surface area contributed by atoms with Crippen LogP contribution in [0.3, 0.4) is 0 Å². The molecule has 24 heavy (non-hydrogen) atoms. The maximum atomic E-state index is 12.5. The fourth-order valence-corrected chi connectivity index (χ4v) is 3.00. The van der Waals surface area contributed by atoms with Crippen LogP contribution >= 0.6 is 11.6 Å². The highest BCUT2D eigenvalue weighted by Gasteiger charge is 2.28. The number of amides is 1. The Kier molecular flexibility index (Phi) is 5.16. The van der Waals surface area contributed by atoms with Crippen molar-refractivity contribution >= 4 is 29.4 Å². The van der Waals surface area contributed by atoms with Gasteiger partial charge in [-0.25, -0.2) is 0 Å². The summed E-state index contributed by atoms with van der Waals surface area (Å²) in [5.74, 6) is -0.0806. The third-order valence-electron chi connectivity index (χ3n) is 4.13. The minimum Gasteiger partial charge on any atom is -0.386 e. The van der Waals surface area contributed by atoms with Gasteiger partial charge >= 0.3 is 0 Å². The number of anilines is 1. The van der Waals surface area contributed by atoms with Gasteiger partial charge in [0.25, 0.3) is 5.91 Å². The Hall–Kier alpha value is -2.33. The number of hydrogen-bond acceptors (Lipinski definition) is 3. The standard InChI is InChI=1S/C19H19ClN2O2/c1-14-6-9-16-4-2-3-5-18(16)22(14)19(23)13-24-21-12-15-7-10-17(20)11-8-15/h2-5,7-8,10-12,14H,6,9,13H2,1H3/b21-12+. The van der Waals surface area contributed by atoms with Crippen LogP contribution in [0.25, 0.3) is 0 Å². The molecular weight excluding hydrogens is 324 g/mol. The number of oxime groups is 1. The van der Waals surface area contributed by atoms with Crippen molar-refractivity contribution in [3.8, 4) is 0 Å². The maximum Gasteiger partial charge on any atom is 0.268 e. The summed E-state index contributed by atoms with van der Waals surface area (Å²) in [5.41, 5.74) is 3.05. The summed E-state index contributed by atoms with van der Waals surface area (Å²) in [6.07, 6.45) is 3.52. The van der Waals surface area contributed by atoms with Crippen molar-refractivity contribution < 1.29 is 9.63 Å². The lowest BCUT2D eigenvalue weighted by Crippen LogP contribution is -2.43. The second-order valence-electron chi connectivity index (χ2n) is 5.84. The van der Waals surface area contributed by atoms with E-state index >= 15 is 0 Å². The van der Waals surface area contributed by atoms with Crippen molar-refractivity contribution in [3.05, 3.63) is 64.7 Å². The molecule has 1 unspecified atom stereocenters. The van der Waals surface area contributed by atoms with E-state index < -0.39 is 0 Å². The fraction of sp³-hybridized carbons (Fsp3) is 0.263. The fourth-order valence-electron chi connectivity index (χ4n) is 2.88. The van der Waals surface area contributed by atoms with Gasteiger partial charge in [-0.2, -0.15) is 0 Å². The molecule has 0 saturated carbocycles. The number of para-hydroxylation sites is 1. The molecule has 4 nitrogen and oxygen atoms in total. The summed E-state index contributed by atoms with van der Waals surface area (Å²) in [7, 11) is 0. The largest absolute Gasteiger partial charge is 0.386 e. The van der Waals surface area contributed by atoms with Crippen molar-refractivity contribution in [2.24, 2.45) is 5.16 Å². The number of fused-ring (bicyclic) bond motifs is 1. The molecule has 1 amide bonds. The lowest BCUT2D eigenvalue weighted by molar-refractivity contribution is -0.123. The number of hydrogen-bond donors (Lipinski definition) is 0. The van der Waals surface area contributed by atoms with Gasteiger partial charge in [-0.3, -0.25) is 4.79 Å². The zero-order chi connectivity index (χ0) is 16.9. The first-order valence-electron chi connectivity index (χ1n) is 7.96. The van der Waals surface area contributed by atoms with Gasteiger partial charge < -0.3 is 9.74 Å². The number of halogens is 1. The van der Waals surface area contributed by atoms with Crippen LogP contribution in [0, 0.1) is 0 Å². The van der Waals surface area contributed by atoms with Crippen LogP contribution in [0.4, 0.5) is 5.69 Å². The quantitative estimate of drug-likeness (QED) is 0.621.